The van der Waals surface area contributed by atoms with Crippen LogP contribution in [0.15, 0.2) is 28.7 Å². The summed E-state index contributed by atoms with van der Waals surface area (Å²) in [7, 11) is 1.98. The Morgan fingerprint density at radius 1 is 1.22 bits per heavy atom. The van der Waals surface area contributed by atoms with Gasteiger partial charge in [-0.25, -0.2) is 0 Å². The molecule has 0 radical (unpaired) electrons. The summed E-state index contributed by atoms with van der Waals surface area (Å²) in [5, 5.41) is 4.52. The van der Waals surface area contributed by atoms with Crippen LogP contribution in [-0.2, 0) is 0 Å². The fourth-order valence-corrected chi connectivity index (χ4v) is 2.43. The number of hydrogen-bond acceptors (Lipinski definition) is 2. The van der Waals surface area contributed by atoms with E-state index in [1.54, 1.807) is 0 Å². The minimum absolute atomic E-state index is 0.308. The highest BCUT2D eigenvalue weighted by Gasteiger charge is 2.16. The molecule has 0 fully saturated rings. The molecule has 0 aliphatic rings. The highest BCUT2D eigenvalue weighted by molar-refractivity contribution is 5.81. The summed E-state index contributed by atoms with van der Waals surface area (Å²) in [5.74, 6) is 1.59. The second-order valence-corrected chi connectivity index (χ2v) is 4.97. The lowest BCUT2D eigenvalue weighted by molar-refractivity contribution is 0.442. The van der Waals surface area contributed by atoms with Gasteiger partial charge in [-0.2, -0.15) is 0 Å². The van der Waals surface area contributed by atoms with Crippen LogP contribution in [0.1, 0.15) is 56.9 Å². The maximum Gasteiger partial charge on any atom is 0.137 e. The highest BCUT2D eigenvalue weighted by Crippen LogP contribution is 2.32. The summed E-state index contributed by atoms with van der Waals surface area (Å²) in [6.45, 7) is 6.64. The molecule has 0 aliphatic heterocycles. The third kappa shape index (κ3) is 2.30. The molecule has 1 aromatic heterocycles. The van der Waals surface area contributed by atoms with Crippen LogP contribution < -0.4 is 5.32 Å². The molecule has 2 atom stereocenters. The van der Waals surface area contributed by atoms with Gasteiger partial charge in [0.1, 0.15) is 11.3 Å². The summed E-state index contributed by atoms with van der Waals surface area (Å²) < 4.78 is 6.10. The van der Waals surface area contributed by atoms with Crippen molar-refractivity contribution in [1.29, 1.82) is 0 Å². The molecule has 18 heavy (non-hydrogen) atoms. The van der Waals surface area contributed by atoms with Crippen LogP contribution in [-0.4, -0.2) is 7.05 Å². The lowest BCUT2D eigenvalue weighted by atomic mass is 9.97. The summed E-state index contributed by atoms with van der Waals surface area (Å²) in [5.41, 5.74) is 2.39. The first-order chi connectivity index (χ1) is 8.71. The van der Waals surface area contributed by atoms with Crippen LogP contribution >= 0.6 is 0 Å². The van der Waals surface area contributed by atoms with Crippen molar-refractivity contribution in [3.8, 4) is 0 Å². The van der Waals surface area contributed by atoms with Gasteiger partial charge in [0.15, 0.2) is 0 Å². The minimum atomic E-state index is 0.308. The molecule has 2 nitrogen and oxygen atoms in total. The molecule has 0 amide bonds. The lowest BCUT2D eigenvalue weighted by Crippen LogP contribution is -2.14. The largest absolute Gasteiger partial charge is 0.459 e. The molecule has 0 saturated carbocycles. The summed E-state index contributed by atoms with van der Waals surface area (Å²) in [6.07, 6.45) is 2.17. The number of benzene rings is 1. The van der Waals surface area contributed by atoms with Gasteiger partial charge >= 0.3 is 0 Å². The summed E-state index contributed by atoms with van der Waals surface area (Å²) >= 11 is 0. The predicted octanol–water partition coefficient (Wildman–Crippen LogP) is 4.62. The van der Waals surface area contributed by atoms with Crippen molar-refractivity contribution in [2.24, 2.45) is 0 Å². The third-order valence-electron chi connectivity index (χ3n) is 3.84. The number of nitrogens with one attached hydrogen (secondary N) is 1. The van der Waals surface area contributed by atoms with Crippen molar-refractivity contribution in [1.82, 2.24) is 5.32 Å². The monoisotopic (exact) mass is 245 g/mol. The first-order valence-electron chi connectivity index (χ1n) is 6.90. The first-order valence-corrected chi connectivity index (χ1v) is 6.90. The standard InChI is InChI=1S/C16H23NO/c1-5-11(3)13-9-7-8-12-10-15(18-16(12)13)14(6-2)17-4/h7-11,14,17H,5-6H2,1-4H3. The van der Waals surface area contributed by atoms with Gasteiger partial charge in [0, 0.05) is 5.39 Å². The van der Waals surface area contributed by atoms with Crippen LogP contribution in [0.3, 0.4) is 0 Å². The molecule has 0 saturated heterocycles. The Hall–Kier alpha value is -1.28. The normalized spacial score (nSPS) is 14.9. The van der Waals surface area contributed by atoms with E-state index >= 15 is 0 Å². The fourth-order valence-electron chi connectivity index (χ4n) is 2.43. The van der Waals surface area contributed by atoms with Gasteiger partial charge in [-0.1, -0.05) is 39.0 Å². The maximum absolute atomic E-state index is 6.10. The van der Waals surface area contributed by atoms with Crippen molar-refractivity contribution < 1.29 is 4.42 Å². The van der Waals surface area contributed by atoms with Crippen molar-refractivity contribution >= 4 is 11.0 Å². The van der Waals surface area contributed by atoms with Crippen molar-refractivity contribution in [2.75, 3.05) is 7.05 Å². The van der Waals surface area contributed by atoms with E-state index in [0.717, 1.165) is 24.2 Å². The molecule has 2 unspecified atom stereocenters. The molecule has 1 aromatic carbocycles. The molecule has 2 rings (SSSR count). The average molecular weight is 245 g/mol. The van der Waals surface area contributed by atoms with Crippen molar-refractivity contribution in [2.45, 2.75) is 45.6 Å². The Kier molecular flexibility index (Phi) is 4.07. The molecule has 1 heterocycles. The molecule has 2 aromatic rings. The van der Waals surface area contributed by atoms with Gasteiger partial charge in [0.2, 0.25) is 0 Å². The zero-order valence-electron chi connectivity index (χ0n) is 11.8. The molecule has 0 aliphatic carbocycles. The number of fused-ring (bicyclic) bond motifs is 1. The van der Waals surface area contributed by atoms with E-state index in [0.29, 0.717) is 12.0 Å². The molecule has 98 valence electrons. The van der Waals surface area contributed by atoms with Crippen molar-refractivity contribution in [3.63, 3.8) is 0 Å². The van der Waals surface area contributed by atoms with E-state index < -0.39 is 0 Å². The van der Waals surface area contributed by atoms with E-state index in [9.17, 15) is 0 Å². The van der Waals surface area contributed by atoms with Crippen LogP contribution in [0.25, 0.3) is 11.0 Å². The van der Waals surface area contributed by atoms with Gasteiger partial charge in [0.05, 0.1) is 6.04 Å². The van der Waals surface area contributed by atoms with E-state index in [-0.39, 0.29) is 0 Å². The van der Waals surface area contributed by atoms with Gasteiger partial charge in [-0.3, -0.25) is 0 Å². The summed E-state index contributed by atoms with van der Waals surface area (Å²) in [4.78, 5) is 0. The smallest absolute Gasteiger partial charge is 0.137 e. The van der Waals surface area contributed by atoms with Gasteiger partial charge in [-0.15, -0.1) is 0 Å². The zero-order valence-corrected chi connectivity index (χ0v) is 11.8. The van der Waals surface area contributed by atoms with Gasteiger partial charge < -0.3 is 9.73 Å². The van der Waals surface area contributed by atoms with Crippen LogP contribution in [0.4, 0.5) is 0 Å². The molecule has 0 bridgehead atoms. The number of para-hydroxylation sites is 1. The Labute approximate surface area is 109 Å². The lowest BCUT2D eigenvalue weighted by Gasteiger charge is -2.11. The quantitative estimate of drug-likeness (QED) is 0.831. The molecular weight excluding hydrogens is 222 g/mol. The first kappa shape index (κ1) is 13.2. The second kappa shape index (κ2) is 5.57. The van der Waals surface area contributed by atoms with Crippen LogP contribution in [0.2, 0.25) is 0 Å². The topological polar surface area (TPSA) is 25.2 Å². The van der Waals surface area contributed by atoms with Crippen LogP contribution in [0.5, 0.6) is 0 Å². The Morgan fingerprint density at radius 3 is 2.61 bits per heavy atom. The molecule has 0 spiro atoms. The molecular formula is C16H23NO. The van der Waals surface area contributed by atoms with Crippen LogP contribution in [0, 0.1) is 0 Å². The SMILES string of the molecule is CCC(C)c1cccc2cc(C(CC)NC)oc12. The van der Waals surface area contributed by atoms with E-state index in [1.165, 1.54) is 10.9 Å². The van der Waals surface area contributed by atoms with Gasteiger partial charge in [0.25, 0.3) is 0 Å². The van der Waals surface area contributed by atoms with E-state index in [2.05, 4.69) is 50.4 Å². The Morgan fingerprint density at radius 2 is 2.00 bits per heavy atom. The Bertz CT molecular complexity index is 511. The molecule has 1 N–H and O–H groups in total. The van der Waals surface area contributed by atoms with E-state index in [4.69, 9.17) is 4.42 Å². The second-order valence-electron chi connectivity index (χ2n) is 4.97. The van der Waals surface area contributed by atoms with E-state index in [1.807, 2.05) is 7.05 Å². The number of furan rings is 1. The maximum atomic E-state index is 6.10. The molecule has 2 heteroatoms. The third-order valence-corrected chi connectivity index (χ3v) is 3.84. The zero-order chi connectivity index (χ0) is 13.1. The number of hydrogen-bond donors (Lipinski definition) is 1. The van der Waals surface area contributed by atoms with Gasteiger partial charge in [-0.05, 0) is 37.4 Å². The highest BCUT2D eigenvalue weighted by atomic mass is 16.3. The summed E-state index contributed by atoms with van der Waals surface area (Å²) in [6, 6.07) is 8.93. The minimum Gasteiger partial charge on any atom is -0.459 e. The predicted molar refractivity (Wildman–Crippen MR) is 77.0 cm³/mol. The average Bonchev–Trinajstić information content (AvgIpc) is 2.82. The Balaban J connectivity index is 2.50. The number of rotatable bonds is 5. The van der Waals surface area contributed by atoms with Crippen molar-refractivity contribution in [3.05, 3.63) is 35.6 Å². The fraction of sp³-hybridized carbons (Fsp3) is 0.500.